The van der Waals surface area contributed by atoms with Crippen molar-refractivity contribution in [3.63, 3.8) is 0 Å². The van der Waals surface area contributed by atoms with Gasteiger partial charge in [0.1, 0.15) is 0 Å². The first kappa shape index (κ1) is 7.24. The maximum absolute atomic E-state index is 10.7. The van der Waals surface area contributed by atoms with E-state index in [0.29, 0.717) is 0 Å². The van der Waals surface area contributed by atoms with Crippen LogP contribution < -0.4 is 0 Å². The van der Waals surface area contributed by atoms with E-state index in [2.05, 4.69) is 11.3 Å². The van der Waals surface area contributed by atoms with E-state index in [1.54, 1.807) is 0 Å². The first-order chi connectivity index (χ1) is 4.75. The topological polar surface area (TPSA) is 44.8 Å². The maximum Gasteiger partial charge on any atom is 0.338 e. The number of methoxy groups -OCH3 is 1. The molecule has 0 saturated carbocycles. The van der Waals surface area contributed by atoms with Gasteiger partial charge in [0.15, 0.2) is 13.1 Å². The van der Waals surface area contributed by atoms with E-state index in [9.17, 15) is 4.79 Å². The minimum absolute atomic E-state index is 0.203. The zero-order chi connectivity index (χ0) is 7.56. The predicted molar refractivity (Wildman–Crippen MR) is 32.0 cm³/mol. The molecule has 1 saturated heterocycles. The molecule has 0 aromatic rings. The second kappa shape index (κ2) is 2.81. The lowest BCUT2D eigenvalue weighted by Crippen LogP contribution is -2.35. The third-order valence-corrected chi connectivity index (χ3v) is 1.17. The molecule has 0 bridgehead atoms. The number of hydrogen-bond donors (Lipinski definition) is 0. The van der Waals surface area contributed by atoms with Crippen molar-refractivity contribution in [3.8, 4) is 0 Å². The van der Waals surface area contributed by atoms with Gasteiger partial charge in [-0.05, 0) is 0 Å². The van der Waals surface area contributed by atoms with E-state index in [1.165, 1.54) is 7.11 Å². The van der Waals surface area contributed by atoms with Gasteiger partial charge in [0.25, 0.3) is 0 Å². The Balaban J connectivity index is 2.39. The van der Waals surface area contributed by atoms with Gasteiger partial charge in [-0.15, -0.1) is 0 Å². The Morgan fingerprint density at radius 1 is 1.70 bits per heavy atom. The largest absolute Gasteiger partial charge is 0.466 e. The molecule has 0 N–H and O–H groups in total. The number of ether oxygens (including phenoxy) is 3. The summed E-state index contributed by atoms with van der Waals surface area (Å²) < 4.78 is 14.0. The van der Waals surface area contributed by atoms with Crippen molar-refractivity contribution in [1.29, 1.82) is 0 Å². The zero-order valence-electron chi connectivity index (χ0n) is 5.62. The van der Waals surface area contributed by atoms with Crippen molar-refractivity contribution in [2.45, 2.75) is 6.29 Å². The van der Waals surface area contributed by atoms with E-state index in [1.807, 2.05) is 0 Å². The number of rotatable bonds is 2. The minimum Gasteiger partial charge on any atom is -0.466 e. The Bertz CT molecular complexity index is 159. The van der Waals surface area contributed by atoms with Gasteiger partial charge >= 0.3 is 5.97 Å². The Kier molecular flexibility index (Phi) is 2.03. The summed E-state index contributed by atoms with van der Waals surface area (Å²) in [5, 5.41) is 0. The molecule has 0 aliphatic carbocycles. The van der Waals surface area contributed by atoms with Gasteiger partial charge in [0, 0.05) is 0 Å². The van der Waals surface area contributed by atoms with Gasteiger partial charge < -0.3 is 14.2 Å². The van der Waals surface area contributed by atoms with Crippen LogP contribution in [0.5, 0.6) is 0 Å². The molecule has 56 valence electrons. The third-order valence-electron chi connectivity index (χ3n) is 1.17. The molecule has 1 aliphatic heterocycles. The van der Waals surface area contributed by atoms with Crippen molar-refractivity contribution in [2.75, 3.05) is 13.9 Å². The van der Waals surface area contributed by atoms with Crippen LogP contribution in [0.3, 0.4) is 0 Å². The molecule has 1 fully saturated rings. The molecule has 0 atom stereocenters. The number of carbonyl (C=O) groups excluding carboxylic acids is 1. The fourth-order valence-electron chi connectivity index (χ4n) is 0.565. The van der Waals surface area contributed by atoms with Gasteiger partial charge in [0.2, 0.25) is 0 Å². The lowest BCUT2D eigenvalue weighted by Gasteiger charge is -2.26. The molecule has 4 nitrogen and oxygen atoms in total. The van der Waals surface area contributed by atoms with E-state index in [-0.39, 0.29) is 12.4 Å². The van der Waals surface area contributed by atoms with Crippen LogP contribution in [0.4, 0.5) is 0 Å². The van der Waals surface area contributed by atoms with Gasteiger partial charge in [-0.2, -0.15) is 0 Å². The monoisotopic (exact) mass is 144 g/mol. The summed E-state index contributed by atoms with van der Waals surface area (Å²) in [5.41, 5.74) is 0.203. The molecule has 0 aromatic carbocycles. The molecule has 0 spiro atoms. The number of hydrogen-bond acceptors (Lipinski definition) is 4. The van der Waals surface area contributed by atoms with Crippen LogP contribution in [0.1, 0.15) is 0 Å². The van der Waals surface area contributed by atoms with Crippen molar-refractivity contribution in [1.82, 2.24) is 0 Å². The molecular weight excluding hydrogens is 136 g/mol. The lowest BCUT2D eigenvalue weighted by atomic mass is 10.3. The zero-order valence-corrected chi connectivity index (χ0v) is 5.62. The van der Waals surface area contributed by atoms with Gasteiger partial charge in [-0.1, -0.05) is 6.58 Å². The highest BCUT2D eigenvalue weighted by molar-refractivity contribution is 5.88. The average Bonchev–Trinajstić information content (AvgIpc) is 1.82. The Labute approximate surface area is 58.4 Å². The molecule has 0 radical (unpaired) electrons. The van der Waals surface area contributed by atoms with Gasteiger partial charge in [-0.3, -0.25) is 0 Å². The number of carbonyl (C=O) groups is 1. The average molecular weight is 144 g/mol. The standard InChI is InChI=1S/C6H8O4/c1-4(5(7)8-2)6-9-3-10-6/h6H,1,3H2,2H3. The fourth-order valence-corrected chi connectivity index (χ4v) is 0.565. The minimum atomic E-state index is -0.590. The van der Waals surface area contributed by atoms with Gasteiger partial charge in [0.05, 0.1) is 12.7 Å². The molecule has 4 heteroatoms. The highest BCUT2D eigenvalue weighted by Crippen LogP contribution is 2.15. The normalized spacial score (nSPS) is 17.7. The van der Waals surface area contributed by atoms with Crippen molar-refractivity contribution >= 4 is 5.97 Å². The summed E-state index contributed by atoms with van der Waals surface area (Å²) >= 11 is 0. The second-order valence-corrected chi connectivity index (χ2v) is 1.80. The van der Waals surface area contributed by atoms with E-state index >= 15 is 0 Å². The summed E-state index contributed by atoms with van der Waals surface area (Å²) in [6.45, 7) is 3.65. The first-order valence-electron chi connectivity index (χ1n) is 2.76. The Morgan fingerprint density at radius 3 is 2.60 bits per heavy atom. The fraction of sp³-hybridized carbons (Fsp3) is 0.500. The van der Waals surface area contributed by atoms with Crippen molar-refractivity contribution in [2.24, 2.45) is 0 Å². The highest BCUT2D eigenvalue weighted by Gasteiger charge is 2.27. The second-order valence-electron chi connectivity index (χ2n) is 1.80. The first-order valence-corrected chi connectivity index (χ1v) is 2.76. The Hall–Kier alpha value is -0.870. The van der Waals surface area contributed by atoms with Crippen LogP contribution >= 0.6 is 0 Å². The molecular formula is C6H8O4. The molecule has 0 aromatic heterocycles. The molecule has 1 aliphatic rings. The Morgan fingerprint density at radius 2 is 2.30 bits per heavy atom. The summed E-state index contributed by atoms with van der Waals surface area (Å²) in [6.07, 6.45) is -0.590. The highest BCUT2D eigenvalue weighted by atomic mass is 16.8. The van der Waals surface area contributed by atoms with Crippen LogP contribution in [0, 0.1) is 0 Å². The molecule has 1 heterocycles. The molecule has 1 rings (SSSR count). The van der Waals surface area contributed by atoms with Crippen molar-refractivity contribution < 1.29 is 19.0 Å². The van der Waals surface area contributed by atoms with Crippen LogP contribution in [-0.4, -0.2) is 26.2 Å². The summed E-state index contributed by atoms with van der Waals surface area (Å²) in [7, 11) is 1.28. The maximum atomic E-state index is 10.7. The quantitative estimate of drug-likeness (QED) is 0.405. The summed E-state index contributed by atoms with van der Waals surface area (Å²) in [4.78, 5) is 10.7. The van der Waals surface area contributed by atoms with Crippen LogP contribution in [-0.2, 0) is 19.0 Å². The van der Waals surface area contributed by atoms with E-state index in [4.69, 9.17) is 9.47 Å². The van der Waals surface area contributed by atoms with Gasteiger partial charge in [-0.25, -0.2) is 4.79 Å². The predicted octanol–water partition coefficient (Wildman–Crippen LogP) is 0.0460. The summed E-state index contributed by atoms with van der Waals surface area (Å²) in [5.74, 6) is -0.496. The molecule has 10 heavy (non-hydrogen) atoms. The third kappa shape index (κ3) is 1.17. The SMILES string of the molecule is C=C(C(=O)OC)C1OCO1. The van der Waals surface area contributed by atoms with Crippen LogP contribution in [0.25, 0.3) is 0 Å². The van der Waals surface area contributed by atoms with E-state index in [0.717, 1.165) is 0 Å². The molecule has 0 unspecified atom stereocenters. The van der Waals surface area contributed by atoms with Crippen LogP contribution in [0.15, 0.2) is 12.2 Å². The lowest BCUT2D eigenvalue weighted by molar-refractivity contribution is -0.301. The summed E-state index contributed by atoms with van der Waals surface area (Å²) in [6, 6.07) is 0. The number of esters is 1. The van der Waals surface area contributed by atoms with E-state index < -0.39 is 12.3 Å². The molecule has 0 amide bonds. The van der Waals surface area contributed by atoms with Crippen molar-refractivity contribution in [3.05, 3.63) is 12.2 Å². The smallest absolute Gasteiger partial charge is 0.338 e. The van der Waals surface area contributed by atoms with Crippen LogP contribution in [0.2, 0.25) is 0 Å².